The number of nitriles is 1. The molecule has 0 bridgehead atoms. The minimum absolute atomic E-state index is 0.150. The van der Waals surface area contributed by atoms with Crippen molar-refractivity contribution in [2.24, 2.45) is 0 Å². The van der Waals surface area contributed by atoms with E-state index in [0.717, 1.165) is 33.2 Å². The van der Waals surface area contributed by atoms with Gasteiger partial charge in [-0.05, 0) is 44.5 Å². The lowest BCUT2D eigenvalue weighted by molar-refractivity contribution is -0.136. The van der Waals surface area contributed by atoms with E-state index in [1.807, 2.05) is 26.0 Å². The van der Waals surface area contributed by atoms with Crippen LogP contribution in [-0.4, -0.2) is 19.6 Å². The predicted molar refractivity (Wildman–Crippen MR) is 186 cm³/mol. The van der Waals surface area contributed by atoms with Gasteiger partial charge in [-0.1, -0.05) is 54.6 Å². The van der Waals surface area contributed by atoms with Crippen LogP contribution in [0.5, 0.6) is 0 Å². The fourth-order valence-electron chi connectivity index (χ4n) is 6.50. The minimum atomic E-state index is -4.50. The molecule has 234 valence electrons. The molecule has 0 N–H and O–H groups in total. The zero-order chi connectivity index (χ0) is 33.5. The van der Waals surface area contributed by atoms with Crippen LogP contribution >= 0.6 is 22.7 Å². The normalized spacial score (nSPS) is 12.3. The fraction of sp³-hybridized carbons (Fsp3) is 0.135. The molecule has 0 radical (unpaired) electrons. The Bertz CT molecular complexity index is 2690. The van der Waals surface area contributed by atoms with Crippen LogP contribution in [0.25, 0.3) is 56.6 Å². The number of nitrogens with zero attached hydrogens (tertiary/aromatic N) is 6. The highest BCUT2D eigenvalue weighted by Crippen LogP contribution is 2.45. The molecule has 0 aliphatic carbocycles. The molecule has 0 saturated heterocycles. The highest BCUT2D eigenvalue weighted by Gasteiger charge is 2.36. The molecule has 4 aromatic carbocycles. The number of fused-ring (bicyclic) bond motifs is 6. The number of alkyl halides is 3. The first-order valence-corrected chi connectivity index (χ1v) is 16.6. The Morgan fingerprint density at radius 2 is 1.25 bits per heavy atom. The van der Waals surface area contributed by atoms with E-state index < -0.39 is 17.2 Å². The van der Waals surface area contributed by atoms with E-state index in [2.05, 4.69) is 42.1 Å². The third kappa shape index (κ3) is 4.35. The maximum atomic E-state index is 13.9. The first-order valence-electron chi connectivity index (χ1n) is 14.9. The molecule has 0 aliphatic heterocycles. The standard InChI is InChI=1S/C37H23F3N6S2/c1-20-9-5-10-22-24-12-7-16-29(32(24)47-30(20)22)46-19-27(42-4)35(44-46)36(2,3)34-21(17-41)18-45(43-34)28-15-8-13-25-23-11-6-14-26(37(38,39)40)31(23)48-33(25)28/h5-16,18-19H,1-3H3. The van der Waals surface area contributed by atoms with Crippen LogP contribution in [0.3, 0.4) is 0 Å². The molecule has 11 heteroatoms. The van der Waals surface area contributed by atoms with Crippen LogP contribution < -0.4 is 0 Å². The van der Waals surface area contributed by atoms with Crippen LogP contribution in [0.1, 0.15) is 41.9 Å². The Morgan fingerprint density at radius 1 is 0.729 bits per heavy atom. The molecule has 0 amide bonds. The molecule has 0 fully saturated rings. The van der Waals surface area contributed by atoms with Crippen LogP contribution in [0.15, 0.2) is 85.2 Å². The first-order chi connectivity index (χ1) is 23.0. The number of aryl methyl sites for hydroxylation is 1. The van der Waals surface area contributed by atoms with Crippen molar-refractivity contribution in [3.05, 3.63) is 125 Å². The van der Waals surface area contributed by atoms with Crippen LogP contribution in [0.2, 0.25) is 0 Å². The summed E-state index contributed by atoms with van der Waals surface area (Å²) < 4.78 is 48.0. The lowest BCUT2D eigenvalue weighted by Gasteiger charge is -2.21. The van der Waals surface area contributed by atoms with Gasteiger partial charge in [-0.25, -0.2) is 9.53 Å². The van der Waals surface area contributed by atoms with E-state index in [1.54, 1.807) is 57.4 Å². The van der Waals surface area contributed by atoms with Crippen LogP contribution in [0.4, 0.5) is 18.9 Å². The summed E-state index contributed by atoms with van der Waals surface area (Å²) in [6.45, 7) is 13.9. The third-order valence-corrected chi connectivity index (χ3v) is 11.5. The molecule has 8 rings (SSSR count). The van der Waals surface area contributed by atoms with Gasteiger partial charge in [-0.3, -0.25) is 4.68 Å². The fourth-order valence-corrected chi connectivity index (χ4v) is 9.12. The number of thiophene rings is 2. The lowest BCUT2D eigenvalue weighted by Crippen LogP contribution is -2.22. The molecular weight excluding hydrogens is 650 g/mol. The summed E-state index contributed by atoms with van der Waals surface area (Å²) in [5.74, 6) is 0. The van der Waals surface area contributed by atoms with E-state index in [4.69, 9.17) is 16.8 Å². The molecule has 48 heavy (non-hydrogen) atoms. The predicted octanol–water partition coefficient (Wildman–Crippen LogP) is 10.9. The van der Waals surface area contributed by atoms with Gasteiger partial charge in [0.2, 0.25) is 5.69 Å². The van der Waals surface area contributed by atoms with Crippen molar-refractivity contribution in [3.63, 3.8) is 0 Å². The van der Waals surface area contributed by atoms with Crippen molar-refractivity contribution < 1.29 is 13.2 Å². The molecule has 0 spiro atoms. The maximum Gasteiger partial charge on any atom is 0.417 e. The summed E-state index contributed by atoms with van der Waals surface area (Å²) in [5, 5.41) is 23.5. The molecular formula is C37H23F3N6S2. The topological polar surface area (TPSA) is 63.8 Å². The summed E-state index contributed by atoms with van der Waals surface area (Å²) in [6, 6.07) is 24.1. The number of hydrogen-bond donors (Lipinski definition) is 0. The van der Waals surface area contributed by atoms with Crippen molar-refractivity contribution >= 4 is 68.7 Å². The minimum Gasteiger partial charge on any atom is -0.251 e. The van der Waals surface area contributed by atoms with Crippen molar-refractivity contribution in [3.8, 4) is 17.4 Å². The van der Waals surface area contributed by atoms with Gasteiger partial charge in [0.1, 0.15) is 6.07 Å². The van der Waals surface area contributed by atoms with Crippen molar-refractivity contribution in [1.29, 1.82) is 5.26 Å². The van der Waals surface area contributed by atoms with E-state index in [1.165, 1.54) is 21.7 Å². The largest absolute Gasteiger partial charge is 0.417 e. The second-order valence-corrected chi connectivity index (χ2v) is 14.2. The highest BCUT2D eigenvalue weighted by molar-refractivity contribution is 7.26. The summed E-state index contributed by atoms with van der Waals surface area (Å²) in [5.41, 5.74) is 2.41. The van der Waals surface area contributed by atoms with Crippen molar-refractivity contribution in [2.75, 3.05) is 0 Å². The van der Waals surface area contributed by atoms with Gasteiger partial charge in [0.05, 0.1) is 49.9 Å². The molecule has 8 aromatic rings. The Morgan fingerprint density at radius 3 is 1.85 bits per heavy atom. The summed E-state index contributed by atoms with van der Waals surface area (Å²) in [6.07, 6.45) is -1.19. The van der Waals surface area contributed by atoms with E-state index in [9.17, 15) is 18.4 Å². The zero-order valence-electron chi connectivity index (χ0n) is 25.7. The van der Waals surface area contributed by atoms with Gasteiger partial charge < -0.3 is 0 Å². The van der Waals surface area contributed by atoms with Gasteiger partial charge >= 0.3 is 6.18 Å². The van der Waals surface area contributed by atoms with Crippen molar-refractivity contribution in [2.45, 2.75) is 32.4 Å². The van der Waals surface area contributed by atoms with Crippen LogP contribution in [0, 0.1) is 24.8 Å². The maximum absolute atomic E-state index is 13.9. The van der Waals surface area contributed by atoms with Crippen molar-refractivity contribution in [1.82, 2.24) is 19.6 Å². The third-order valence-electron chi connectivity index (χ3n) is 8.84. The molecule has 0 saturated carbocycles. The Labute approximate surface area is 280 Å². The molecule has 0 aliphatic rings. The van der Waals surface area contributed by atoms with Gasteiger partial charge in [-0.2, -0.15) is 28.6 Å². The average Bonchev–Trinajstić information content (AvgIpc) is 3.86. The van der Waals surface area contributed by atoms with Gasteiger partial charge in [0.15, 0.2) is 0 Å². The summed E-state index contributed by atoms with van der Waals surface area (Å²) in [4.78, 5) is 3.82. The highest BCUT2D eigenvalue weighted by atomic mass is 32.1. The Hall–Kier alpha value is -5.49. The number of benzene rings is 4. The smallest absolute Gasteiger partial charge is 0.251 e. The number of rotatable bonds is 4. The quantitative estimate of drug-likeness (QED) is 0.175. The van der Waals surface area contributed by atoms with Gasteiger partial charge in [-0.15, -0.1) is 22.7 Å². The molecule has 4 heterocycles. The lowest BCUT2D eigenvalue weighted by atomic mass is 9.83. The Balaban J connectivity index is 1.27. The number of aromatic nitrogens is 4. The Kier molecular flexibility index (Phi) is 6.54. The van der Waals surface area contributed by atoms with Gasteiger partial charge in [0.25, 0.3) is 0 Å². The van der Waals surface area contributed by atoms with E-state index in [-0.39, 0.29) is 10.3 Å². The molecule has 0 atom stereocenters. The van der Waals surface area contributed by atoms with Crippen LogP contribution in [-0.2, 0) is 11.6 Å². The zero-order valence-corrected chi connectivity index (χ0v) is 27.3. The molecule has 0 unspecified atom stereocenters. The summed E-state index contributed by atoms with van der Waals surface area (Å²) in [7, 11) is 0. The number of hydrogen-bond acceptors (Lipinski definition) is 5. The number of halogens is 3. The average molecular weight is 673 g/mol. The summed E-state index contributed by atoms with van der Waals surface area (Å²) >= 11 is 2.74. The second kappa shape index (κ2) is 10.5. The first kappa shape index (κ1) is 29.9. The molecule has 6 nitrogen and oxygen atoms in total. The SMILES string of the molecule is [C-]#[N+]c1cn(-c2cccc3c2sc2c(C)cccc23)nc1C(C)(C)c1nn(-c2cccc3c2sc2c(C(F)(F)F)cccc23)cc1C#N. The van der Waals surface area contributed by atoms with E-state index in [0.29, 0.717) is 38.2 Å². The molecule has 4 aromatic heterocycles. The second-order valence-electron chi connectivity index (χ2n) is 12.1. The van der Waals surface area contributed by atoms with E-state index >= 15 is 0 Å². The van der Waals surface area contributed by atoms with Gasteiger partial charge in [0, 0.05) is 48.8 Å². The monoisotopic (exact) mass is 672 g/mol.